The lowest BCUT2D eigenvalue weighted by Gasteiger charge is -2.12. The lowest BCUT2D eigenvalue weighted by Crippen LogP contribution is -2.86. The molecule has 0 bridgehead atoms. The van der Waals surface area contributed by atoms with E-state index in [4.69, 9.17) is 0 Å². The van der Waals surface area contributed by atoms with Gasteiger partial charge in [0.05, 0.1) is 0 Å². The van der Waals surface area contributed by atoms with Crippen molar-refractivity contribution < 1.29 is 18.9 Å². The molecule has 0 aromatic heterocycles. The fraction of sp³-hybridized carbons (Fsp3) is 0.136. The third-order valence-electron chi connectivity index (χ3n) is 4.39. The van der Waals surface area contributed by atoms with E-state index in [0.717, 1.165) is 17.2 Å². The Bertz CT molecular complexity index is 911. The van der Waals surface area contributed by atoms with Crippen molar-refractivity contribution in [3.63, 3.8) is 0 Å². The van der Waals surface area contributed by atoms with Crippen LogP contribution in [-0.2, 0) is 4.79 Å². The summed E-state index contributed by atoms with van der Waals surface area (Å²) < 4.78 is 26.8. The maximum atomic E-state index is 13.8. The summed E-state index contributed by atoms with van der Waals surface area (Å²) in [7, 11) is 0. The second-order valence-electron chi connectivity index (χ2n) is 6.39. The van der Waals surface area contributed by atoms with Crippen molar-refractivity contribution in [2.75, 3.05) is 11.9 Å². The fourth-order valence-corrected chi connectivity index (χ4v) is 2.87. The highest BCUT2D eigenvalue weighted by molar-refractivity contribution is 5.91. The summed E-state index contributed by atoms with van der Waals surface area (Å²) in [5.41, 5.74) is 3.25. The molecular weight excluding hydrogens is 346 g/mol. The largest absolute Gasteiger partial charge is 0.332 e. The van der Waals surface area contributed by atoms with E-state index in [2.05, 4.69) is 5.32 Å². The predicted molar refractivity (Wildman–Crippen MR) is 102 cm³/mol. The van der Waals surface area contributed by atoms with Crippen LogP contribution in [0, 0.1) is 11.6 Å². The Morgan fingerprint density at radius 3 is 2.30 bits per heavy atom. The Morgan fingerprint density at radius 1 is 0.963 bits per heavy atom. The van der Waals surface area contributed by atoms with E-state index >= 15 is 0 Å². The van der Waals surface area contributed by atoms with E-state index in [1.807, 2.05) is 54.6 Å². The molecule has 3 aromatic carbocycles. The van der Waals surface area contributed by atoms with Gasteiger partial charge in [-0.3, -0.25) is 4.79 Å². The standard InChI is InChI=1S/C22H20F2N2O/c1-15(20-12-9-18(23)13-21(20)24)25-14-22(27)26-19-10-7-17(8-11-19)16-5-3-2-4-6-16/h2-13,15,25H,14H2,1H3,(H,26,27)/p+1/t15-/m0/s1. The van der Waals surface area contributed by atoms with Crippen molar-refractivity contribution in [2.24, 2.45) is 0 Å². The van der Waals surface area contributed by atoms with Crippen LogP contribution >= 0.6 is 0 Å². The molecule has 3 rings (SSSR count). The first-order valence-corrected chi connectivity index (χ1v) is 8.76. The first-order valence-electron chi connectivity index (χ1n) is 8.76. The van der Waals surface area contributed by atoms with Gasteiger partial charge >= 0.3 is 0 Å². The summed E-state index contributed by atoms with van der Waals surface area (Å²) in [5.74, 6) is -1.40. The molecular formula is C22H21F2N2O+. The van der Waals surface area contributed by atoms with E-state index in [1.165, 1.54) is 12.1 Å². The van der Waals surface area contributed by atoms with Crippen molar-refractivity contribution in [1.29, 1.82) is 0 Å². The number of quaternary nitrogens is 1. The second-order valence-corrected chi connectivity index (χ2v) is 6.39. The minimum absolute atomic E-state index is 0.137. The van der Waals surface area contributed by atoms with Gasteiger partial charge in [0.25, 0.3) is 5.91 Å². The van der Waals surface area contributed by atoms with Crippen LogP contribution in [0.1, 0.15) is 18.5 Å². The maximum Gasteiger partial charge on any atom is 0.279 e. The Labute approximate surface area is 157 Å². The van der Waals surface area contributed by atoms with Gasteiger partial charge in [0.1, 0.15) is 17.7 Å². The molecule has 27 heavy (non-hydrogen) atoms. The number of hydrogen-bond acceptors (Lipinski definition) is 1. The van der Waals surface area contributed by atoms with Crippen molar-refractivity contribution in [3.05, 3.63) is 90.0 Å². The van der Waals surface area contributed by atoms with Gasteiger partial charge in [0.15, 0.2) is 6.54 Å². The van der Waals surface area contributed by atoms with Crippen molar-refractivity contribution in [2.45, 2.75) is 13.0 Å². The zero-order valence-corrected chi connectivity index (χ0v) is 15.0. The smallest absolute Gasteiger partial charge is 0.279 e. The zero-order valence-electron chi connectivity index (χ0n) is 15.0. The van der Waals surface area contributed by atoms with Crippen LogP contribution in [0.4, 0.5) is 14.5 Å². The molecule has 0 aliphatic carbocycles. The summed E-state index contributed by atoms with van der Waals surface area (Å²) >= 11 is 0. The zero-order chi connectivity index (χ0) is 19.2. The Kier molecular flexibility index (Phi) is 5.94. The van der Waals surface area contributed by atoms with Crippen LogP contribution < -0.4 is 10.6 Å². The summed E-state index contributed by atoms with van der Waals surface area (Å²) in [4.78, 5) is 12.1. The van der Waals surface area contributed by atoms with E-state index < -0.39 is 11.6 Å². The van der Waals surface area contributed by atoms with E-state index in [0.29, 0.717) is 11.3 Å². The normalized spacial score (nSPS) is 11.8. The third kappa shape index (κ3) is 4.99. The molecule has 0 aliphatic rings. The predicted octanol–water partition coefficient (Wildman–Crippen LogP) is 3.89. The van der Waals surface area contributed by atoms with E-state index in [-0.39, 0.29) is 18.5 Å². The molecule has 1 atom stereocenters. The van der Waals surface area contributed by atoms with Crippen LogP contribution in [0.3, 0.4) is 0 Å². The van der Waals surface area contributed by atoms with Gasteiger partial charge in [-0.1, -0.05) is 42.5 Å². The Morgan fingerprint density at radius 2 is 1.63 bits per heavy atom. The van der Waals surface area contributed by atoms with E-state index in [9.17, 15) is 13.6 Å². The number of nitrogens with one attached hydrogen (secondary N) is 1. The lowest BCUT2D eigenvalue weighted by molar-refractivity contribution is -0.682. The highest BCUT2D eigenvalue weighted by Crippen LogP contribution is 2.21. The van der Waals surface area contributed by atoms with Crippen molar-refractivity contribution >= 4 is 11.6 Å². The topological polar surface area (TPSA) is 45.7 Å². The summed E-state index contributed by atoms with van der Waals surface area (Å²) in [6.07, 6.45) is 0. The highest BCUT2D eigenvalue weighted by Gasteiger charge is 2.16. The van der Waals surface area contributed by atoms with Gasteiger partial charge in [0, 0.05) is 17.3 Å². The number of rotatable bonds is 6. The number of carbonyl (C=O) groups is 1. The number of anilines is 1. The van der Waals surface area contributed by atoms with Gasteiger partial charge in [-0.15, -0.1) is 0 Å². The Hall–Kier alpha value is -3.05. The van der Waals surface area contributed by atoms with Crippen LogP contribution in [0.15, 0.2) is 72.8 Å². The van der Waals surface area contributed by atoms with E-state index in [1.54, 1.807) is 12.2 Å². The number of carbonyl (C=O) groups excluding carboxylic acids is 1. The Balaban J connectivity index is 1.54. The minimum Gasteiger partial charge on any atom is -0.332 e. The number of halogens is 2. The van der Waals surface area contributed by atoms with Gasteiger partial charge < -0.3 is 10.6 Å². The van der Waals surface area contributed by atoms with Crippen molar-refractivity contribution in [3.8, 4) is 11.1 Å². The van der Waals surface area contributed by atoms with Crippen molar-refractivity contribution in [1.82, 2.24) is 0 Å². The lowest BCUT2D eigenvalue weighted by atomic mass is 10.1. The number of benzene rings is 3. The average molecular weight is 367 g/mol. The van der Waals surface area contributed by atoms with Gasteiger partial charge in [-0.05, 0) is 42.3 Å². The molecule has 5 heteroatoms. The first-order chi connectivity index (χ1) is 13.0. The summed E-state index contributed by atoms with van der Waals surface area (Å²) in [6.45, 7) is 1.91. The highest BCUT2D eigenvalue weighted by atomic mass is 19.1. The average Bonchev–Trinajstić information content (AvgIpc) is 2.67. The van der Waals surface area contributed by atoms with Crippen LogP contribution in [0.5, 0.6) is 0 Å². The minimum atomic E-state index is -0.611. The molecule has 138 valence electrons. The third-order valence-corrected chi connectivity index (χ3v) is 4.39. The molecule has 0 fully saturated rings. The number of nitrogens with two attached hydrogens (primary N) is 1. The SMILES string of the molecule is C[C@H]([NH2+]CC(=O)Nc1ccc(-c2ccccc2)cc1)c1ccc(F)cc1F. The van der Waals surface area contributed by atoms with Gasteiger partial charge in [0.2, 0.25) is 0 Å². The molecule has 1 amide bonds. The second kappa shape index (κ2) is 8.56. The number of hydrogen-bond donors (Lipinski definition) is 2. The molecule has 0 spiro atoms. The number of amides is 1. The van der Waals surface area contributed by atoms with Crippen LogP contribution in [-0.4, -0.2) is 12.5 Å². The molecule has 3 nitrogen and oxygen atoms in total. The molecule has 0 unspecified atom stereocenters. The molecule has 0 heterocycles. The fourth-order valence-electron chi connectivity index (χ4n) is 2.87. The molecule has 3 N–H and O–H groups in total. The summed E-state index contributed by atoms with van der Waals surface area (Å²) in [6, 6.07) is 20.8. The molecule has 0 saturated heterocycles. The molecule has 0 radical (unpaired) electrons. The molecule has 0 saturated carbocycles. The van der Waals surface area contributed by atoms with Gasteiger partial charge in [-0.2, -0.15) is 0 Å². The summed E-state index contributed by atoms with van der Waals surface area (Å²) in [5, 5.41) is 4.54. The first kappa shape index (κ1) is 18.7. The van der Waals surface area contributed by atoms with Crippen LogP contribution in [0.25, 0.3) is 11.1 Å². The molecule has 3 aromatic rings. The maximum absolute atomic E-state index is 13.8. The van der Waals surface area contributed by atoms with Gasteiger partial charge in [-0.25, -0.2) is 8.78 Å². The van der Waals surface area contributed by atoms with Crippen LogP contribution in [0.2, 0.25) is 0 Å². The monoisotopic (exact) mass is 367 g/mol. The molecule has 0 aliphatic heterocycles. The quantitative estimate of drug-likeness (QED) is 0.682.